The van der Waals surface area contributed by atoms with Crippen molar-refractivity contribution >= 4 is 0 Å². The molecular weight excluding hydrogens is 124 g/mol. The summed E-state index contributed by atoms with van der Waals surface area (Å²) in [5.74, 6) is 1.01. The van der Waals surface area contributed by atoms with Gasteiger partial charge in [0.05, 0.1) is 5.92 Å². The first-order chi connectivity index (χ1) is 4.84. The molecule has 1 aromatic rings. The lowest BCUT2D eigenvalue weighted by Gasteiger charge is -1.97. The molecule has 1 aromatic carbocycles. The molecule has 0 aliphatic rings. The fraction of sp³-hybridized carbons (Fsp3) is 0.222. The van der Waals surface area contributed by atoms with E-state index in [1.807, 2.05) is 37.3 Å². The molecule has 0 atom stereocenters. The van der Waals surface area contributed by atoms with Gasteiger partial charge in [-0.2, -0.15) is 0 Å². The highest BCUT2D eigenvalue weighted by molar-refractivity contribution is 5.28. The minimum Gasteiger partial charge on any atom is -0.379 e. The van der Waals surface area contributed by atoms with Crippen molar-refractivity contribution < 1.29 is 5.11 Å². The van der Waals surface area contributed by atoms with E-state index in [9.17, 15) is 0 Å². The molecule has 0 aliphatic carbocycles. The van der Waals surface area contributed by atoms with Gasteiger partial charge in [-0.1, -0.05) is 0 Å². The van der Waals surface area contributed by atoms with E-state index in [-0.39, 0.29) is 6.61 Å². The number of hydrogen-bond acceptors (Lipinski definition) is 1. The summed E-state index contributed by atoms with van der Waals surface area (Å²) in [4.78, 5) is 0. The lowest BCUT2D eigenvalue weighted by Crippen LogP contribution is -1.98. The van der Waals surface area contributed by atoms with E-state index in [0.29, 0.717) is 0 Å². The largest absolute Gasteiger partial charge is 0.379 e. The third kappa shape index (κ3) is 1.52. The second-order valence-corrected chi connectivity index (χ2v) is 2.30. The standard InChI is InChI=1S/C9H11O/c1-8(7-10)9-5-3-2-4-6-9/h2-6,10H,7H2,1H3/q+1. The Morgan fingerprint density at radius 3 is 2.40 bits per heavy atom. The zero-order valence-electron chi connectivity index (χ0n) is 6.04. The molecule has 0 saturated carbocycles. The fourth-order valence-electron chi connectivity index (χ4n) is 0.814. The van der Waals surface area contributed by atoms with Crippen LogP contribution in [0.4, 0.5) is 0 Å². The maximum absolute atomic E-state index is 8.75. The lowest BCUT2D eigenvalue weighted by molar-refractivity contribution is 0.315. The molecule has 0 aliphatic heterocycles. The van der Waals surface area contributed by atoms with E-state index in [0.717, 1.165) is 11.5 Å². The summed E-state index contributed by atoms with van der Waals surface area (Å²) in [7, 11) is 0. The van der Waals surface area contributed by atoms with E-state index in [4.69, 9.17) is 5.11 Å². The highest BCUT2D eigenvalue weighted by Crippen LogP contribution is 2.11. The molecule has 0 aromatic heterocycles. The zero-order chi connectivity index (χ0) is 7.40. The van der Waals surface area contributed by atoms with Gasteiger partial charge in [0.25, 0.3) is 0 Å². The summed E-state index contributed by atoms with van der Waals surface area (Å²) in [6.07, 6.45) is 0. The molecule has 10 heavy (non-hydrogen) atoms. The quantitative estimate of drug-likeness (QED) is 0.611. The van der Waals surface area contributed by atoms with Crippen molar-refractivity contribution in [1.82, 2.24) is 0 Å². The van der Waals surface area contributed by atoms with Gasteiger partial charge in [0.1, 0.15) is 12.2 Å². The molecule has 1 heteroatoms. The van der Waals surface area contributed by atoms with Crippen molar-refractivity contribution in [2.24, 2.45) is 0 Å². The highest BCUT2D eigenvalue weighted by Gasteiger charge is 2.09. The van der Waals surface area contributed by atoms with Gasteiger partial charge in [-0.05, 0) is 18.2 Å². The number of aliphatic hydroxyl groups excluding tert-OH is 1. The Morgan fingerprint density at radius 2 is 1.90 bits per heavy atom. The van der Waals surface area contributed by atoms with Gasteiger partial charge in [-0.15, -0.1) is 0 Å². The van der Waals surface area contributed by atoms with E-state index in [1.165, 1.54) is 0 Å². The van der Waals surface area contributed by atoms with Crippen LogP contribution >= 0.6 is 0 Å². The fourth-order valence-corrected chi connectivity index (χ4v) is 0.814. The monoisotopic (exact) mass is 135 g/mol. The molecule has 0 saturated heterocycles. The second kappa shape index (κ2) is 3.28. The Labute approximate surface area is 61.3 Å². The van der Waals surface area contributed by atoms with E-state index >= 15 is 0 Å². The number of rotatable bonds is 2. The summed E-state index contributed by atoms with van der Waals surface area (Å²) < 4.78 is 0. The van der Waals surface area contributed by atoms with Crippen LogP contribution in [0.15, 0.2) is 30.3 Å². The van der Waals surface area contributed by atoms with Gasteiger partial charge in [0.2, 0.25) is 0 Å². The normalized spacial score (nSPS) is 9.40. The van der Waals surface area contributed by atoms with Crippen LogP contribution in [0.1, 0.15) is 12.5 Å². The van der Waals surface area contributed by atoms with Crippen LogP contribution in [0.5, 0.6) is 0 Å². The van der Waals surface area contributed by atoms with Gasteiger partial charge in [-0.3, -0.25) is 0 Å². The average molecular weight is 135 g/mol. The summed E-state index contributed by atoms with van der Waals surface area (Å²) >= 11 is 0. The van der Waals surface area contributed by atoms with Crippen molar-refractivity contribution in [3.63, 3.8) is 0 Å². The molecule has 0 bridgehead atoms. The second-order valence-electron chi connectivity index (χ2n) is 2.30. The maximum Gasteiger partial charge on any atom is 0.134 e. The molecule has 1 nitrogen and oxygen atoms in total. The van der Waals surface area contributed by atoms with Crippen LogP contribution in [-0.4, -0.2) is 11.7 Å². The van der Waals surface area contributed by atoms with Gasteiger partial charge in [0.15, 0.2) is 0 Å². The Balaban J connectivity index is 2.75. The Bertz CT molecular complexity index is 181. The van der Waals surface area contributed by atoms with Gasteiger partial charge in [-0.25, -0.2) is 0 Å². The van der Waals surface area contributed by atoms with E-state index in [2.05, 4.69) is 0 Å². The smallest absolute Gasteiger partial charge is 0.134 e. The molecule has 52 valence electrons. The summed E-state index contributed by atoms with van der Waals surface area (Å²) in [6, 6.07) is 9.88. The van der Waals surface area contributed by atoms with Crippen LogP contribution in [0.3, 0.4) is 0 Å². The summed E-state index contributed by atoms with van der Waals surface area (Å²) in [6.45, 7) is 2.07. The molecule has 0 radical (unpaired) electrons. The molecule has 0 unspecified atom stereocenters. The van der Waals surface area contributed by atoms with E-state index < -0.39 is 0 Å². The lowest BCUT2D eigenvalue weighted by atomic mass is 10.0. The summed E-state index contributed by atoms with van der Waals surface area (Å²) in [5.41, 5.74) is 1.12. The minimum atomic E-state index is 0.143. The van der Waals surface area contributed by atoms with Crippen molar-refractivity contribution in [3.05, 3.63) is 41.8 Å². The molecule has 1 N–H and O–H groups in total. The first-order valence-electron chi connectivity index (χ1n) is 3.33. The predicted molar refractivity (Wildman–Crippen MR) is 41.5 cm³/mol. The number of benzene rings is 1. The number of hydrogen-bond donors (Lipinski definition) is 1. The van der Waals surface area contributed by atoms with Crippen molar-refractivity contribution in [2.45, 2.75) is 6.92 Å². The highest BCUT2D eigenvalue weighted by atomic mass is 16.3. The van der Waals surface area contributed by atoms with Gasteiger partial charge < -0.3 is 5.11 Å². The third-order valence-corrected chi connectivity index (χ3v) is 1.50. The van der Waals surface area contributed by atoms with Crippen LogP contribution in [0.25, 0.3) is 0 Å². The van der Waals surface area contributed by atoms with Crippen molar-refractivity contribution in [1.29, 1.82) is 0 Å². The number of aliphatic hydroxyl groups is 1. The molecule has 0 spiro atoms. The van der Waals surface area contributed by atoms with Crippen LogP contribution in [0.2, 0.25) is 0 Å². The van der Waals surface area contributed by atoms with Crippen molar-refractivity contribution in [3.8, 4) is 0 Å². The molecule has 0 heterocycles. The Morgan fingerprint density at radius 1 is 1.30 bits per heavy atom. The van der Waals surface area contributed by atoms with Crippen LogP contribution in [-0.2, 0) is 0 Å². The average Bonchev–Trinajstić information content (AvgIpc) is 2.05. The third-order valence-electron chi connectivity index (χ3n) is 1.50. The predicted octanol–water partition coefficient (Wildman–Crippen LogP) is 1.62. The van der Waals surface area contributed by atoms with Crippen LogP contribution in [0, 0.1) is 5.92 Å². The van der Waals surface area contributed by atoms with Gasteiger partial charge in [0, 0.05) is 19.1 Å². The summed E-state index contributed by atoms with van der Waals surface area (Å²) in [5, 5.41) is 8.75. The maximum atomic E-state index is 8.75. The molecule has 1 rings (SSSR count). The van der Waals surface area contributed by atoms with Crippen molar-refractivity contribution in [2.75, 3.05) is 6.61 Å². The Hall–Kier alpha value is -0.950. The first kappa shape index (κ1) is 7.16. The molecule has 0 fully saturated rings. The topological polar surface area (TPSA) is 20.2 Å². The zero-order valence-corrected chi connectivity index (χ0v) is 6.04. The van der Waals surface area contributed by atoms with E-state index in [1.54, 1.807) is 0 Å². The Kier molecular flexibility index (Phi) is 2.35. The SMILES string of the molecule is C[C+](CO)c1ccccc1. The first-order valence-corrected chi connectivity index (χ1v) is 3.33. The molecular formula is C9H11O+. The molecule has 0 amide bonds. The minimum absolute atomic E-state index is 0.143. The van der Waals surface area contributed by atoms with Crippen LogP contribution < -0.4 is 0 Å². The van der Waals surface area contributed by atoms with Gasteiger partial charge >= 0.3 is 0 Å².